The molecule has 5 heteroatoms. The molecule has 118 valence electrons. The maximum Gasteiger partial charge on any atom is 0.188 e. The second-order valence-electron chi connectivity index (χ2n) is 6.06. The van der Waals surface area contributed by atoms with Gasteiger partial charge in [-0.3, -0.25) is 4.90 Å². The van der Waals surface area contributed by atoms with Gasteiger partial charge >= 0.3 is 0 Å². The molecular weight excluding hydrogens is 308 g/mol. The first-order valence-corrected chi connectivity index (χ1v) is 8.04. The van der Waals surface area contributed by atoms with Crippen LogP contribution in [0.1, 0.15) is 24.9 Å². The number of anilines is 1. The summed E-state index contributed by atoms with van der Waals surface area (Å²) < 4.78 is 11.7. The Morgan fingerprint density at radius 1 is 1.26 bits per heavy atom. The summed E-state index contributed by atoms with van der Waals surface area (Å²) in [5.74, 6) is 1.71. The number of methoxy groups -OCH3 is 1. The Balaban J connectivity index is 1.79. The molecule has 23 heavy (non-hydrogen) atoms. The number of fused-ring (bicyclic) bond motifs is 4. The molecule has 2 aromatic rings. The van der Waals surface area contributed by atoms with E-state index in [2.05, 4.69) is 18.3 Å². The van der Waals surface area contributed by atoms with Crippen molar-refractivity contribution >= 4 is 23.0 Å². The molecule has 2 aliphatic heterocycles. The zero-order valence-corrected chi connectivity index (χ0v) is 13.9. The zero-order chi connectivity index (χ0) is 16.0. The molecule has 1 saturated heterocycles. The molecule has 2 bridgehead atoms. The third kappa shape index (κ3) is 2.23. The highest BCUT2D eigenvalue weighted by atomic mass is 32.1. The molecular formula is C18H18N2O2S. The fraction of sp³-hybridized carbons (Fsp3) is 0.278. The van der Waals surface area contributed by atoms with Gasteiger partial charge in [0.15, 0.2) is 10.8 Å². The Morgan fingerprint density at radius 2 is 2.09 bits per heavy atom. The van der Waals surface area contributed by atoms with E-state index in [0.717, 1.165) is 29.2 Å². The summed E-state index contributed by atoms with van der Waals surface area (Å²) >= 11 is 5.64. The van der Waals surface area contributed by atoms with Gasteiger partial charge in [0.1, 0.15) is 11.5 Å². The molecule has 0 aliphatic carbocycles. The van der Waals surface area contributed by atoms with Gasteiger partial charge in [0.2, 0.25) is 0 Å². The lowest BCUT2D eigenvalue weighted by atomic mass is 9.90. The van der Waals surface area contributed by atoms with Crippen LogP contribution in [0.2, 0.25) is 0 Å². The minimum atomic E-state index is -0.520. The van der Waals surface area contributed by atoms with E-state index in [0.29, 0.717) is 5.11 Å². The van der Waals surface area contributed by atoms with Gasteiger partial charge in [-0.15, -0.1) is 0 Å². The van der Waals surface area contributed by atoms with Gasteiger partial charge in [-0.05, 0) is 37.3 Å². The van der Waals surface area contributed by atoms with Crippen molar-refractivity contribution in [3.8, 4) is 11.5 Å². The van der Waals surface area contributed by atoms with E-state index in [-0.39, 0.29) is 6.04 Å². The molecule has 0 spiro atoms. The fourth-order valence-electron chi connectivity index (χ4n) is 3.46. The van der Waals surface area contributed by atoms with E-state index < -0.39 is 5.72 Å². The van der Waals surface area contributed by atoms with Gasteiger partial charge < -0.3 is 14.8 Å². The first kappa shape index (κ1) is 14.3. The summed E-state index contributed by atoms with van der Waals surface area (Å²) in [6, 6.07) is 16.2. The monoisotopic (exact) mass is 326 g/mol. The average molecular weight is 326 g/mol. The van der Waals surface area contributed by atoms with Crippen LogP contribution in [0.5, 0.6) is 11.5 Å². The largest absolute Gasteiger partial charge is 0.497 e. The highest BCUT2D eigenvalue weighted by molar-refractivity contribution is 7.80. The van der Waals surface area contributed by atoms with E-state index in [1.165, 1.54) is 0 Å². The third-order valence-corrected chi connectivity index (χ3v) is 4.79. The van der Waals surface area contributed by atoms with Crippen molar-refractivity contribution in [2.24, 2.45) is 0 Å². The van der Waals surface area contributed by atoms with Gasteiger partial charge in [0.05, 0.1) is 18.8 Å². The van der Waals surface area contributed by atoms with Crippen molar-refractivity contribution in [3.05, 3.63) is 54.1 Å². The van der Waals surface area contributed by atoms with E-state index in [1.807, 2.05) is 47.4 Å². The van der Waals surface area contributed by atoms with Crippen LogP contribution >= 0.6 is 12.2 Å². The average Bonchev–Trinajstić information content (AvgIpc) is 2.54. The Hall–Kier alpha value is -2.27. The standard InChI is InChI=1S/C18H18N2O2S/c1-18-11-15(14-8-3-4-9-16(14)22-18)19-17(23)20(18)12-6-5-7-13(10-12)21-2/h3-10,15H,11H2,1-2H3,(H,19,23). The van der Waals surface area contributed by atoms with Gasteiger partial charge in [0, 0.05) is 18.1 Å². The first-order chi connectivity index (χ1) is 11.1. The van der Waals surface area contributed by atoms with Crippen LogP contribution in [0.4, 0.5) is 5.69 Å². The highest BCUT2D eigenvalue weighted by Crippen LogP contribution is 2.45. The summed E-state index contributed by atoms with van der Waals surface area (Å²) in [5.41, 5.74) is 1.60. The summed E-state index contributed by atoms with van der Waals surface area (Å²) in [7, 11) is 1.66. The predicted molar refractivity (Wildman–Crippen MR) is 94.0 cm³/mol. The van der Waals surface area contributed by atoms with Crippen LogP contribution < -0.4 is 19.7 Å². The molecule has 2 aromatic carbocycles. The molecule has 2 unspecified atom stereocenters. The lowest BCUT2D eigenvalue weighted by molar-refractivity contribution is 0.0497. The number of thiocarbonyl (C=S) groups is 1. The molecule has 0 saturated carbocycles. The van der Waals surface area contributed by atoms with Crippen LogP contribution in [0.3, 0.4) is 0 Å². The molecule has 0 radical (unpaired) electrons. The van der Waals surface area contributed by atoms with E-state index in [9.17, 15) is 0 Å². The summed E-state index contributed by atoms with van der Waals surface area (Å²) in [5, 5.41) is 4.12. The highest BCUT2D eigenvalue weighted by Gasteiger charge is 2.48. The number of ether oxygens (including phenoxy) is 2. The van der Waals surface area contributed by atoms with Crippen LogP contribution in [-0.2, 0) is 0 Å². The number of para-hydroxylation sites is 1. The molecule has 4 nitrogen and oxygen atoms in total. The van der Waals surface area contributed by atoms with Crippen molar-refractivity contribution in [1.82, 2.24) is 5.32 Å². The second-order valence-corrected chi connectivity index (χ2v) is 6.44. The number of nitrogens with zero attached hydrogens (tertiary/aromatic N) is 1. The van der Waals surface area contributed by atoms with Crippen LogP contribution in [0, 0.1) is 0 Å². The quantitative estimate of drug-likeness (QED) is 0.852. The number of hydrogen-bond donors (Lipinski definition) is 1. The maximum atomic E-state index is 6.36. The Morgan fingerprint density at radius 3 is 2.91 bits per heavy atom. The Labute approximate surface area is 141 Å². The number of benzene rings is 2. The molecule has 2 atom stereocenters. The number of rotatable bonds is 2. The van der Waals surface area contributed by atoms with Crippen molar-refractivity contribution < 1.29 is 9.47 Å². The Bertz CT molecular complexity index is 779. The summed E-state index contributed by atoms with van der Waals surface area (Å²) in [4.78, 5) is 2.04. The Kier molecular flexibility index (Phi) is 3.20. The molecule has 1 fully saturated rings. The second kappa shape index (κ2) is 5.13. The molecule has 0 aromatic heterocycles. The van der Waals surface area contributed by atoms with E-state index >= 15 is 0 Å². The van der Waals surface area contributed by atoms with Crippen LogP contribution in [0.25, 0.3) is 0 Å². The van der Waals surface area contributed by atoms with Gasteiger partial charge in [0.25, 0.3) is 0 Å². The molecule has 4 rings (SSSR count). The topological polar surface area (TPSA) is 33.7 Å². The van der Waals surface area contributed by atoms with Crippen LogP contribution in [0.15, 0.2) is 48.5 Å². The smallest absolute Gasteiger partial charge is 0.188 e. The van der Waals surface area contributed by atoms with Crippen molar-refractivity contribution in [1.29, 1.82) is 0 Å². The van der Waals surface area contributed by atoms with Gasteiger partial charge in [-0.2, -0.15) is 0 Å². The SMILES string of the molecule is COc1cccc(N2C(=S)NC3CC2(C)Oc2ccccc23)c1. The fourth-order valence-corrected chi connectivity index (χ4v) is 3.90. The minimum absolute atomic E-state index is 0.180. The zero-order valence-electron chi connectivity index (χ0n) is 13.1. The van der Waals surface area contributed by atoms with Gasteiger partial charge in [-0.25, -0.2) is 0 Å². The van der Waals surface area contributed by atoms with Crippen molar-refractivity contribution in [2.75, 3.05) is 12.0 Å². The minimum Gasteiger partial charge on any atom is -0.497 e. The van der Waals surface area contributed by atoms with Crippen LogP contribution in [-0.4, -0.2) is 17.9 Å². The molecule has 2 heterocycles. The molecule has 1 N–H and O–H groups in total. The lowest BCUT2D eigenvalue weighted by Crippen LogP contribution is -2.65. The maximum absolute atomic E-state index is 6.36. The van der Waals surface area contributed by atoms with Gasteiger partial charge in [-0.1, -0.05) is 24.3 Å². The third-order valence-electron chi connectivity index (χ3n) is 4.49. The summed E-state index contributed by atoms with van der Waals surface area (Å²) in [6.07, 6.45) is 0.821. The summed E-state index contributed by atoms with van der Waals surface area (Å²) in [6.45, 7) is 2.09. The number of nitrogens with one attached hydrogen (secondary N) is 1. The van der Waals surface area contributed by atoms with E-state index in [1.54, 1.807) is 7.11 Å². The van der Waals surface area contributed by atoms with Crippen molar-refractivity contribution in [2.45, 2.75) is 25.1 Å². The lowest BCUT2D eigenvalue weighted by Gasteiger charge is -2.52. The first-order valence-electron chi connectivity index (χ1n) is 7.63. The molecule has 0 amide bonds. The number of hydrogen-bond acceptors (Lipinski definition) is 3. The molecule has 2 aliphatic rings. The predicted octanol–water partition coefficient (Wildman–Crippen LogP) is 3.63. The van der Waals surface area contributed by atoms with E-state index in [4.69, 9.17) is 21.7 Å². The normalized spacial score (nSPS) is 25.2. The van der Waals surface area contributed by atoms with Crippen molar-refractivity contribution in [3.63, 3.8) is 0 Å².